The lowest BCUT2D eigenvalue weighted by Gasteiger charge is -2.34. The van der Waals surface area contributed by atoms with Crippen molar-refractivity contribution >= 4 is 17.7 Å². The van der Waals surface area contributed by atoms with Gasteiger partial charge in [0.15, 0.2) is 0 Å². The van der Waals surface area contributed by atoms with Crippen molar-refractivity contribution in [2.75, 3.05) is 44.4 Å². The number of carbonyl (C=O) groups is 2. The summed E-state index contributed by atoms with van der Waals surface area (Å²) in [4.78, 5) is 38.4. The summed E-state index contributed by atoms with van der Waals surface area (Å²) in [6.45, 7) is 8.10. The van der Waals surface area contributed by atoms with Crippen LogP contribution in [-0.4, -0.2) is 66.2 Å². The number of morpholine rings is 1. The number of anilines is 1. The number of amides is 1. The Hall–Kier alpha value is -3.00. The molecule has 33 heavy (non-hydrogen) atoms. The first-order chi connectivity index (χ1) is 16.0. The molecule has 176 valence electrons. The summed E-state index contributed by atoms with van der Waals surface area (Å²) in [6, 6.07) is 8.42. The molecule has 0 radical (unpaired) electrons. The first-order valence-corrected chi connectivity index (χ1v) is 11.7. The number of aryl methyl sites for hydroxylation is 1. The number of benzene rings is 1. The second-order valence-corrected chi connectivity index (χ2v) is 8.52. The SMILES string of the molecule is CCOC(=O)CCC(=O)N1CCc2nc(Cc3cccc(C)c3)nc(N3CCOCC3)c2C1. The van der Waals surface area contributed by atoms with E-state index in [-0.39, 0.29) is 24.7 Å². The Kier molecular flexibility index (Phi) is 7.54. The van der Waals surface area contributed by atoms with Crippen LogP contribution in [0.25, 0.3) is 0 Å². The molecule has 8 nitrogen and oxygen atoms in total. The molecule has 0 bridgehead atoms. The van der Waals surface area contributed by atoms with Gasteiger partial charge in [-0.25, -0.2) is 9.97 Å². The van der Waals surface area contributed by atoms with E-state index in [0.717, 1.165) is 36.0 Å². The third-order valence-corrected chi connectivity index (χ3v) is 6.04. The molecular formula is C25H32N4O4. The quantitative estimate of drug-likeness (QED) is 0.597. The highest BCUT2D eigenvalue weighted by Gasteiger charge is 2.28. The zero-order valence-corrected chi connectivity index (χ0v) is 19.5. The van der Waals surface area contributed by atoms with Gasteiger partial charge in [-0.1, -0.05) is 29.8 Å². The summed E-state index contributed by atoms with van der Waals surface area (Å²) in [5.41, 5.74) is 4.44. The van der Waals surface area contributed by atoms with Crippen LogP contribution in [0.2, 0.25) is 0 Å². The van der Waals surface area contributed by atoms with Gasteiger partial charge in [-0.05, 0) is 19.4 Å². The predicted molar refractivity (Wildman–Crippen MR) is 124 cm³/mol. The molecule has 0 atom stereocenters. The molecule has 2 aliphatic rings. The Morgan fingerprint density at radius 3 is 2.70 bits per heavy atom. The normalized spacial score (nSPS) is 15.8. The molecule has 1 saturated heterocycles. The van der Waals surface area contributed by atoms with Gasteiger partial charge in [0.05, 0.1) is 38.5 Å². The lowest BCUT2D eigenvalue weighted by atomic mass is 10.0. The van der Waals surface area contributed by atoms with Crippen LogP contribution < -0.4 is 4.90 Å². The van der Waals surface area contributed by atoms with Gasteiger partial charge in [-0.3, -0.25) is 9.59 Å². The highest BCUT2D eigenvalue weighted by atomic mass is 16.5. The van der Waals surface area contributed by atoms with Crippen molar-refractivity contribution < 1.29 is 19.1 Å². The van der Waals surface area contributed by atoms with Gasteiger partial charge < -0.3 is 19.3 Å². The first kappa shape index (κ1) is 23.2. The van der Waals surface area contributed by atoms with Crippen LogP contribution in [0.4, 0.5) is 5.82 Å². The summed E-state index contributed by atoms with van der Waals surface area (Å²) in [6.07, 6.45) is 1.63. The van der Waals surface area contributed by atoms with Crippen LogP contribution in [0.5, 0.6) is 0 Å². The maximum atomic E-state index is 12.8. The molecule has 1 fully saturated rings. The van der Waals surface area contributed by atoms with Crippen LogP contribution in [0.3, 0.4) is 0 Å². The van der Waals surface area contributed by atoms with E-state index in [1.54, 1.807) is 6.92 Å². The zero-order valence-electron chi connectivity index (χ0n) is 19.5. The van der Waals surface area contributed by atoms with E-state index in [1.807, 2.05) is 4.90 Å². The average molecular weight is 453 g/mol. The molecule has 0 N–H and O–H groups in total. The van der Waals surface area contributed by atoms with Gasteiger partial charge in [0, 0.05) is 44.5 Å². The Labute approximate surface area is 194 Å². The minimum Gasteiger partial charge on any atom is -0.466 e. The molecule has 1 aromatic carbocycles. The number of rotatable bonds is 7. The molecule has 0 saturated carbocycles. The second-order valence-electron chi connectivity index (χ2n) is 8.52. The Morgan fingerprint density at radius 1 is 1.12 bits per heavy atom. The average Bonchev–Trinajstić information content (AvgIpc) is 2.82. The summed E-state index contributed by atoms with van der Waals surface area (Å²) in [5, 5.41) is 0. The number of esters is 1. The number of ether oxygens (including phenoxy) is 2. The molecule has 0 unspecified atom stereocenters. The fourth-order valence-electron chi connectivity index (χ4n) is 4.38. The molecular weight excluding hydrogens is 420 g/mol. The standard InChI is InChI=1S/C25H32N4O4/c1-3-33-24(31)8-7-23(30)29-10-9-21-20(17-29)25(28-11-13-32-14-12-28)27-22(26-21)16-19-6-4-5-18(2)15-19/h4-6,15H,3,7-14,16-17H2,1-2H3. The van der Waals surface area contributed by atoms with Crippen LogP contribution in [0, 0.1) is 6.92 Å². The summed E-state index contributed by atoms with van der Waals surface area (Å²) in [5.74, 6) is 1.35. The number of fused-ring (bicyclic) bond motifs is 1. The molecule has 2 aliphatic heterocycles. The lowest BCUT2D eigenvalue weighted by Crippen LogP contribution is -2.41. The number of nitrogens with zero attached hydrogens (tertiary/aromatic N) is 4. The molecule has 8 heteroatoms. The van der Waals surface area contributed by atoms with Crippen LogP contribution >= 0.6 is 0 Å². The van der Waals surface area contributed by atoms with Gasteiger partial charge in [-0.15, -0.1) is 0 Å². The zero-order chi connectivity index (χ0) is 23.2. The van der Waals surface area contributed by atoms with E-state index in [1.165, 1.54) is 11.1 Å². The smallest absolute Gasteiger partial charge is 0.306 e. The molecule has 1 amide bonds. The minimum absolute atomic E-state index is 0.0366. The van der Waals surface area contributed by atoms with Crippen molar-refractivity contribution in [3.63, 3.8) is 0 Å². The molecule has 4 rings (SSSR count). The van der Waals surface area contributed by atoms with Crippen molar-refractivity contribution in [3.05, 3.63) is 52.5 Å². The van der Waals surface area contributed by atoms with Crippen LogP contribution in [0.15, 0.2) is 24.3 Å². The van der Waals surface area contributed by atoms with Gasteiger partial charge in [0.2, 0.25) is 5.91 Å². The van der Waals surface area contributed by atoms with Crippen molar-refractivity contribution in [3.8, 4) is 0 Å². The fraction of sp³-hybridized carbons (Fsp3) is 0.520. The molecule has 3 heterocycles. The van der Waals surface area contributed by atoms with Crippen molar-refractivity contribution in [2.45, 2.75) is 46.1 Å². The van der Waals surface area contributed by atoms with E-state index in [9.17, 15) is 9.59 Å². The third-order valence-electron chi connectivity index (χ3n) is 6.04. The van der Waals surface area contributed by atoms with Crippen molar-refractivity contribution in [1.29, 1.82) is 0 Å². The summed E-state index contributed by atoms with van der Waals surface area (Å²) >= 11 is 0. The maximum absolute atomic E-state index is 12.8. The topological polar surface area (TPSA) is 84.9 Å². The predicted octanol–water partition coefficient (Wildman–Crippen LogP) is 2.44. The van der Waals surface area contributed by atoms with Gasteiger partial charge in [-0.2, -0.15) is 0 Å². The van der Waals surface area contributed by atoms with Crippen molar-refractivity contribution in [2.24, 2.45) is 0 Å². The number of hydrogen-bond donors (Lipinski definition) is 0. The van der Waals surface area contributed by atoms with Crippen LogP contribution in [0.1, 0.15) is 48.0 Å². The number of aromatic nitrogens is 2. The molecule has 1 aromatic heterocycles. The van der Waals surface area contributed by atoms with E-state index in [4.69, 9.17) is 19.4 Å². The van der Waals surface area contributed by atoms with Gasteiger partial charge >= 0.3 is 5.97 Å². The molecule has 2 aromatic rings. The van der Waals surface area contributed by atoms with Crippen LogP contribution in [-0.2, 0) is 38.4 Å². The highest BCUT2D eigenvalue weighted by molar-refractivity contribution is 5.81. The maximum Gasteiger partial charge on any atom is 0.306 e. The van der Waals surface area contributed by atoms with Crippen molar-refractivity contribution in [1.82, 2.24) is 14.9 Å². The highest BCUT2D eigenvalue weighted by Crippen LogP contribution is 2.28. The number of carbonyl (C=O) groups excluding carboxylic acids is 2. The van der Waals surface area contributed by atoms with Gasteiger partial charge in [0.1, 0.15) is 11.6 Å². The number of hydrogen-bond acceptors (Lipinski definition) is 7. The van der Waals surface area contributed by atoms with E-state index >= 15 is 0 Å². The Morgan fingerprint density at radius 2 is 1.94 bits per heavy atom. The minimum atomic E-state index is -0.332. The summed E-state index contributed by atoms with van der Waals surface area (Å²) < 4.78 is 10.5. The largest absolute Gasteiger partial charge is 0.466 e. The fourth-order valence-corrected chi connectivity index (χ4v) is 4.38. The molecule has 0 aliphatic carbocycles. The van der Waals surface area contributed by atoms with E-state index in [0.29, 0.717) is 45.8 Å². The summed E-state index contributed by atoms with van der Waals surface area (Å²) in [7, 11) is 0. The van der Waals surface area contributed by atoms with E-state index < -0.39 is 0 Å². The van der Waals surface area contributed by atoms with Gasteiger partial charge in [0.25, 0.3) is 0 Å². The second kappa shape index (κ2) is 10.7. The van der Waals surface area contributed by atoms with E-state index in [2.05, 4.69) is 36.1 Å². The molecule has 0 spiro atoms. The third kappa shape index (κ3) is 5.87. The lowest BCUT2D eigenvalue weighted by molar-refractivity contribution is -0.145. The Bertz CT molecular complexity index is 1000. The Balaban J connectivity index is 1.56. The monoisotopic (exact) mass is 452 g/mol. The first-order valence-electron chi connectivity index (χ1n) is 11.7.